The molecule has 1 rings (SSSR count). The molecule has 14 heavy (non-hydrogen) atoms. The van der Waals surface area contributed by atoms with Crippen LogP contribution >= 0.6 is 11.8 Å². The fourth-order valence-corrected chi connectivity index (χ4v) is 1.93. The molecule has 0 spiro atoms. The van der Waals surface area contributed by atoms with Crippen molar-refractivity contribution in [1.82, 2.24) is 0 Å². The zero-order valence-electron chi connectivity index (χ0n) is 8.32. The van der Waals surface area contributed by atoms with Crippen molar-refractivity contribution in [2.75, 3.05) is 12.9 Å². The summed E-state index contributed by atoms with van der Waals surface area (Å²) >= 11 is 1.83. The number of benzene rings is 1. The Labute approximate surface area is 89.2 Å². The molecule has 0 aliphatic carbocycles. The van der Waals surface area contributed by atoms with Crippen molar-refractivity contribution in [1.29, 1.82) is 5.41 Å². The topological polar surface area (TPSA) is 33.1 Å². The van der Waals surface area contributed by atoms with E-state index in [9.17, 15) is 0 Å². The predicted octanol–water partition coefficient (Wildman–Crippen LogP) is 2.93. The highest BCUT2D eigenvalue weighted by Gasteiger charge is 1.96. The van der Waals surface area contributed by atoms with Crippen LogP contribution in [0.3, 0.4) is 0 Å². The van der Waals surface area contributed by atoms with Crippen molar-refractivity contribution in [2.45, 2.75) is 12.2 Å². The minimum atomic E-state index is 0.366. The Morgan fingerprint density at radius 3 is 2.71 bits per heavy atom. The Balaban J connectivity index is 2.13. The number of hydrogen-bond acceptors (Lipinski definition) is 3. The van der Waals surface area contributed by atoms with E-state index in [4.69, 9.17) is 10.1 Å². The number of nitrogens with one attached hydrogen (secondary N) is 1. The molecule has 76 valence electrons. The maximum Gasteiger partial charge on any atom is 0.180 e. The molecular weight excluding hydrogens is 194 g/mol. The number of rotatable bonds is 5. The molecule has 0 fully saturated rings. The van der Waals surface area contributed by atoms with Gasteiger partial charge >= 0.3 is 0 Å². The Kier molecular flexibility index (Phi) is 5.15. The molecule has 0 unspecified atom stereocenters. The van der Waals surface area contributed by atoms with Crippen LogP contribution in [0.5, 0.6) is 0 Å². The maximum absolute atomic E-state index is 7.28. The van der Waals surface area contributed by atoms with Crippen LogP contribution in [-0.4, -0.2) is 18.8 Å². The molecule has 0 atom stereocenters. The van der Waals surface area contributed by atoms with Gasteiger partial charge < -0.3 is 4.74 Å². The molecule has 0 saturated heterocycles. The first-order chi connectivity index (χ1) is 6.83. The van der Waals surface area contributed by atoms with E-state index in [1.807, 2.05) is 30.0 Å². The molecular formula is C11H15NOS. The average molecular weight is 209 g/mol. The first kappa shape index (κ1) is 11.1. The molecule has 0 bridgehead atoms. The highest BCUT2D eigenvalue weighted by molar-refractivity contribution is 7.98. The number of methoxy groups -OCH3 is 1. The summed E-state index contributed by atoms with van der Waals surface area (Å²) in [5, 5.41) is 7.28. The number of hydrogen-bond donors (Lipinski definition) is 1. The minimum Gasteiger partial charge on any atom is -0.484 e. The van der Waals surface area contributed by atoms with Gasteiger partial charge in [0.2, 0.25) is 0 Å². The van der Waals surface area contributed by atoms with Gasteiger partial charge in [-0.3, -0.25) is 5.41 Å². The molecule has 1 aromatic carbocycles. The van der Waals surface area contributed by atoms with E-state index in [0.717, 1.165) is 11.5 Å². The Bertz CT molecular complexity index is 274. The summed E-state index contributed by atoms with van der Waals surface area (Å²) in [5.41, 5.74) is 1.33. The van der Waals surface area contributed by atoms with E-state index in [-0.39, 0.29) is 0 Å². The van der Waals surface area contributed by atoms with Crippen LogP contribution in [-0.2, 0) is 10.5 Å². The van der Waals surface area contributed by atoms with Gasteiger partial charge in [0.15, 0.2) is 5.90 Å². The predicted molar refractivity (Wildman–Crippen MR) is 62.0 cm³/mol. The average Bonchev–Trinajstić information content (AvgIpc) is 2.25. The van der Waals surface area contributed by atoms with Gasteiger partial charge in [0, 0.05) is 17.9 Å². The lowest BCUT2D eigenvalue weighted by Crippen LogP contribution is -2.00. The molecule has 0 radical (unpaired) electrons. The van der Waals surface area contributed by atoms with E-state index in [2.05, 4.69) is 12.1 Å². The van der Waals surface area contributed by atoms with Crippen LogP contribution < -0.4 is 0 Å². The fourth-order valence-electron chi connectivity index (χ4n) is 1.03. The standard InChI is InChI=1S/C11H15NOS/c1-13-11(12)7-8-14-9-10-5-3-2-4-6-10/h2-6,12H,7-9H2,1H3. The highest BCUT2D eigenvalue weighted by Crippen LogP contribution is 2.12. The van der Waals surface area contributed by atoms with Crippen molar-refractivity contribution in [2.24, 2.45) is 0 Å². The van der Waals surface area contributed by atoms with Gasteiger partial charge in [-0.1, -0.05) is 30.3 Å². The number of ether oxygens (including phenoxy) is 1. The van der Waals surface area contributed by atoms with Gasteiger partial charge in [-0.05, 0) is 5.56 Å². The van der Waals surface area contributed by atoms with E-state index < -0.39 is 0 Å². The van der Waals surface area contributed by atoms with Gasteiger partial charge in [0.1, 0.15) is 0 Å². The summed E-state index contributed by atoms with van der Waals surface area (Å²) in [5.74, 6) is 2.32. The number of thioether (sulfide) groups is 1. The van der Waals surface area contributed by atoms with E-state index in [1.54, 1.807) is 7.11 Å². The molecule has 0 aliphatic heterocycles. The zero-order valence-corrected chi connectivity index (χ0v) is 9.14. The van der Waals surface area contributed by atoms with E-state index in [1.165, 1.54) is 5.56 Å². The van der Waals surface area contributed by atoms with Crippen LogP contribution in [0.25, 0.3) is 0 Å². The lowest BCUT2D eigenvalue weighted by molar-refractivity contribution is 0.389. The third kappa shape index (κ3) is 4.33. The molecule has 3 heteroatoms. The molecule has 1 aromatic rings. The Morgan fingerprint density at radius 2 is 2.07 bits per heavy atom. The smallest absolute Gasteiger partial charge is 0.180 e. The van der Waals surface area contributed by atoms with Gasteiger partial charge in [0.25, 0.3) is 0 Å². The fraction of sp³-hybridized carbons (Fsp3) is 0.364. The lowest BCUT2D eigenvalue weighted by Gasteiger charge is -2.02. The van der Waals surface area contributed by atoms with Crippen molar-refractivity contribution in [3.05, 3.63) is 35.9 Å². The molecule has 0 saturated carbocycles. The second-order valence-electron chi connectivity index (χ2n) is 2.92. The van der Waals surface area contributed by atoms with Crippen molar-refractivity contribution < 1.29 is 4.74 Å². The summed E-state index contributed by atoms with van der Waals surface area (Å²) in [6.45, 7) is 0. The summed E-state index contributed by atoms with van der Waals surface area (Å²) in [7, 11) is 1.55. The summed E-state index contributed by atoms with van der Waals surface area (Å²) in [6.07, 6.45) is 0.716. The second-order valence-corrected chi connectivity index (χ2v) is 4.02. The third-order valence-electron chi connectivity index (χ3n) is 1.83. The molecule has 2 nitrogen and oxygen atoms in total. The molecule has 0 heterocycles. The highest BCUT2D eigenvalue weighted by atomic mass is 32.2. The first-order valence-electron chi connectivity index (χ1n) is 4.56. The Hall–Kier alpha value is -0.960. The van der Waals surface area contributed by atoms with Gasteiger partial charge in [-0.2, -0.15) is 11.8 Å². The minimum absolute atomic E-state index is 0.366. The molecule has 0 amide bonds. The van der Waals surface area contributed by atoms with Crippen LogP contribution in [0.15, 0.2) is 30.3 Å². The van der Waals surface area contributed by atoms with Crippen LogP contribution in [0.2, 0.25) is 0 Å². The summed E-state index contributed by atoms with van der Waals surface area (Å²) in [6, 6.07) is 10.4. The van der Waals surface area contributed by atoms with Crippen molar-refractivity contribution in [3.63, 3.8) is 0 Å². The lowest BCUT2D eigenvalue weighted by atomic mass is 10.2. The third-order valence-corrected chi connectivity index (χ3v) is 2.86. The van der Waals surface area contributed by atoms with E-state index >= 15 is 0 Å². The van der Waals surface area contributed by atoms with Crippen LogP contribution in [0.4, 0.5) is 0 Å². The zero-order chi connectivity index (χ0) is 10.2. The van der Waals surface area contributed by atoms with Crippen molar-refractivity contribution >= 4 is 17.7 Å². The van der Waals surface area contributed by atoms with Gasteiger partial charge in [-0.15, -0.1) is 0 Å². The quantitative estimate of drug-likeness (QED) is 0.459. The molecule has 0 aromatic heterocycles. The molecule has 0 aliphatic rings. The van der Waals surface area contributed by atoms with E-state index in [0.29, 0.717) is 12.3 Å². The SMILES string of the molecule is COC(=N)CCSCc1ccccc1. The maximum atomic E-state index is 7.28. The summed E-state index contributed by atoms with van der Waals surface area (Å²) in [4.78, 5) is 0. The van der Waals surface area contributed by atoms with Crippen LogP contribution in [0.1, 0.15) is 12.0 Å². The van der Waals surface area contributed by atoms with Crippen LogP contribution in [0, 0.1) is 5.41 Å². The monoisotopic (exact) mass is 209 g/mol. The Morgan fingerprint density at radius 1 is 1.36 bits per heavy atom. The van der Waals surface area contributed by atoms with Gasteiger partial charge in [0.05, 0.1) is 7.11 Å². The second kappa shape index (κ2) is 6.49. The van der Waals surface area contributed by atoms with Crippen molar-refractivity contribution in [3.8, 4) is 0 Å². The van der Waals surface area contributed by atoms with Gasteiger partial charge in [-0.25, -0.2) is 0 Å². The largest absolute Gasteiger partial charge is 0.484 e. The normalized spacial score (nSPS) is 9.79. The molecule has 1 N–H and O–H groups in total. The first-order valence-corrected chi connectivity index (χ1v) is 5.71. The summed E-state index contributed by atoms with van der Waals surface area (Å²) < 4.78 is 4.77.